The molecule has 1 aliphatic rings. The zero-order valence-electron chi connectivity index (χ0n) is 11.3. The van der Waals surface area contributed by atoms with Crippen LogP contribution in [0.4, 0.5) is 5.69 Å². The fourth-order valence-electron chi connectivity index (χ4n) is 2.48. The largest absolute Gasteiger partial charge is 0.380 e. The fraction of sp³-hybridized carbons (Fsp3) is 0.375. The van der Waals surface area contributed by atoms with Gasteiger partial charge in [0.05, 0.1) is 6.54 Å². The summed E-state index contributed by atoms with van der Waals surface area (Å²) in [7, 11) is 0. The fourth-order valence-corrected chi connectivity index (χ4v) is 5.16. The van der Waals surface area contributed by atoms with Crippen LogP contribution >= 0.6 is 39.0 Å². The standard InChI is InChI=1S/C16H18BrNS2/c17-15-9-10-19-16(15)11-18-12-5-7-14(8-6-12)20-13-3-1-2-4-13/h5-10,13,18H,1-4,11H2. The second-order valence-electron chi connectivity index (χ2n) is 5.09. The molecule has 1 nitrogen and oxygen atoms in total. The molecule has 4 heteroatoms. The van der Waals surface area contributed by atoms with E-state index in [1.165, 1.54) is 45.6 Å². The van der Waals surface area contributed by atoms with Crippen LogP contribution in [0.2, 0.25) is 0 Å². The summed E-state index contributed by atoms with van der Waals surface area (Å²) in [6.07, 6.45) is 5.59. The number of thiophene rings is 1. The molecule has 0 saturated heterocycles. The Hall–Kier alpha value is -0.450. The Labute approximate surface area is 137 Å². The van der Waals surface area contributed by atoms with Crippen molar-refractivity contribution in [1.82, 2.24) is 0 Å². The van der Waals surface area contributed by atoms with E-state index in [2.05, 4.69) is 57.0 Å². The van der Waals surface area contributed by atoms with Gasteiger partial charge in [-0.2, -0.15) is 0 Å². The second-order valence-corrected chi connectivity index (χ2v) is 8.32. The maximum Gasteiger partial charge on any atom is 0.0505 e. The van der Waals surface area contributed by atoms with Crippen molar-refractivity contribution >= 4 is 44.7 Å². The SMILES string of the molecule is Brc1ccsc1CNc1ccc(SC2CCCC2)cc1. The van der Waals surface area contributed by atoms with Crippen molar-refractivity contribution in [2.24, 2.45) is 0 Å². The lowest BCUT2D eigenvalue weighted by molar-refractivity contribution is 0.886. The molecule has 106 valence electrons. The maximum absolute atomic E-state index is 3.57. The van der Waals surface area contributed by atoms with E-state index in [1.807, 2.05) is 11.8 Å². The third-order valence-corrected chi connectivity index (χ3v) is 6.88. The lowest BCUT2D eigenvalue weighted by Crippen LogP contribution is -1.98. The van der Waals surface area contributed by atoms with Gasteiger partial charge < -0.3 is 5.32 Å². The Balaban J connectivity index is 1.54. The molecule has 1 fully saturated rings. The van der Waals surface area contributed by atoms with E-state index in [9.17, 15) is 0 Å². The molecule has 0 aliphatic heterocycles. The van der Waals surface area contributed by atoms with E-state index in [0.29, 0.717) is 0 Å². The number of hydrogen-bond acceptors (Lipinski definition) is 3. The quantitative estimate of drug-likeness (QED) is 0.679. The average Bonchev–Trinajstić information content (AvgIpc) is 3.10. The molecule has 3 rings (SSSR count). The van der Waals surface area contributed by atoms with Crippen molar-refractivity contribution in [2.75, 3.05) is 5.32 Å². The minimum absolute atomic E-state index is 0.843. The minimum Gasteiger partial charge on any atom is -0.380 e. The normalized spacial score (nSPS) is 15.7. The average molecular weight is 368 g/mol. The molecule has 0 unspecified atom stereocenters. The van der Waals surface area contributed by atoms with Gasteiger partial charge in [0.2, 0.25) is 0 Å². The highest BCUT2D eigenvalue weighted by Crippen LogP contribution is 2.35. The van der Waals surface area contributed by atoms with Crippen molar-refractivity contribution in [3.8, 4) is 0 Å². The number of rotatable bonds is 5. The molecular formula is C16H18BrNS2. The van der Waals surface area contributed by atoms with E-state index in [-0.39, 0.29) is 0 Å². The van der Waals surface area contributed by atoms with Gasteiger partial charge >= 0.3 is 0 Å². The summed E-state index contributed by atoms with van der Waals surface area (Å²) >= 11 is 7.39. The maximum atomic E-state index is 3.57. The predicted octanol–water partition coefficient (Wildman–Crippen LogP) is 6.16. The highest BCUT2D eigenvalue weighted by atomic mass is 79.9. The number of halogens is 1. The summed E-state index contributed by atoms with van der Waals surface area (Å²) in [4.78, 5) is 2.74. The third kappa shape index (κ3) is 3.80. The zero-order chi connectivity index (χ0) is 13.8. The van der Waals surface area contributed by atoms with Gasteiger partial charge in [0.25, 0.3) is 0 Å². The first-order chi connectivity index (χ1) is 9.81. The number of thioether (sulfide) groups is 1. The lowest BCUT2D eigenvalue weighted by Gasteiger charge is -2.10. The van der Waals surface area contributed by atoms with Gasteiger partial charge in [-0.15, -0.1) is 23.1 Å². The van der Waals surface area contributed by atoms with E-state index >= 15 is 0 Å². The van der Waals surface area contributed by atoms with Gasteiger partial charge in [-0.3, -0.25) is 0 Å². The van der Waals surface area contributed by atoms with Gasteiger partial charge in [-0.05, 0) is 64.5 Å². The van der Waals surface area contributed by atoms with Crippen molar-refractivity contribution in [3.63, 3.8) is 0 Å². The summed E-state index contributed by atoms with van der Waals surface area (Å²) in [6, 6.07) is 11.0. The number of benzene rings is 1. The minimum atomic E-state index is 0.843. The molecule has 1 aromatic heterocycles. The van der Waals surface area contributed by atoms with Crippen LogP contribution in [0.1, 0.15) is 30.6 Å². The van der Waals surface area contributed by atoms with Gasteiger partial charge in [0.1, 0.15) is 0 Å². The Morgan fingerprint density at radius 1 is 1.15 bits per heavy atom. The number of nitrogens with one attached hydrogen (secondary N) is 1. The number of anilines is 1. The Morgan fingerprint density at radius 2 is 1.90 bits per heavy atom. The van der Waals surface area contributed by atoms with E-state index < -0.39 is 0 Å². The summed E-state index contributed by atoms with van der Waals surface area (Å²) in [5.74, 6) is 0. The zero-order valence-corrected chi connectivity index (χ0v) is 14.5. The summed E-state index contributed by atoms with van der Waals surface area (Å²) in [5, 5.41) is 6.44. The molecule has 0 bridgehead atoms. The third-order valence-electron chi connectivity index (χ3n) is 3.60. The van der Waals surface area contributed by atoms with Crippen molar-refractivity contribution in [1.29, 1.82) is 0 Å². The van der Waals surface area contributed by atoms with Crippen LogP contribution in [0.15, 0.2) is 45.1 Å². The topological polar surface area (TPSA) is 12.0 Å². The molecule has 0 amide bonds. The van der Waals surface area contributed by atoms with Gasteiger partial charge in [-0.25, -0.2) is 0 Å². The number of hydrogen-bond donors (Lipinski definition) is 1. The van der Waals surface area contributed by atoms with Gasteiger partial charge in [-0.1, -0.05) is 12.8 Å². The van der Waals surface area contributed by atoms with Crippen molar-refractivity contribution < 1.29 is 0 Å². The van der Waals surface area contributed by atoms with Crippen LogP contribution < -0.4 is 5.32 Å². The molecule has 1 N–H and O–H groups in total. The van der Waals surface area contributed by atoms with E-state index in [4.69, 9.17) is 0 Å². The summed E-state index contributed by atoms with van der Waals surface area (Å²) < 4.78 is 1.20. The van der Waals surface area contributed by atoms with Crippen LogP contribution in [0.25, 0.3) is 0 Å². The van der Waals surface area contributed by atoms with Crippen molar-refractivity contribution in [2.45, 2.75) is 42.4 Å². The van der Waals surface area contributed by atoms with Crippen LogP contribution in [-0.4, -0.2) is 5.25 Å². The first-order valence-corrected chi connectivity index (χ1v) is 9.59. The molecule has 0 radical (unpaired) electrons. The highest BCUT2D eigenvalue weighted by molar-refractivity contribution is 9.10. The first kappa shape index (κ1) is 14.5. The van der Waals surface area contributed by atoms with Crippen LogP contribution in [0, 0.1) is 0 Å². The molecule has 1 saturated carbocycles. The molecule has 1 aromatic carbocycles. The molecule has 1 heterocycles. The monoisotopic (exact) mass is 367 g/mol. The molecule has 0 spiro atoms. The van der Waals surface area contributed by atoms with Crippen LogP contribution in [-0.2, 0) is 6.54 Å². The molecule has 1 aliphatic carbocycles. The van der Waals surface area contributed by atoms with Gasteiger partial charge in [0.15, 0.2) is 0 Å². The molecule has 0 atom stereocenters. The van der Waals surface area contributed by atoms with Gasteiger partial charge in [0, 0.05) is 25.2 Å². The predicted molar refractivity (Wildman–Crippen MR) is 93.9 cm³/mol. The molecular weight excluding hydrogens is 350 g/mol. The molecule has 20 heavy (non-hydrogen) atoms. The second kappa shape index (κ2) is 7.01. The van der Waals surface area contributed by atoms with E-state index in [1.54, 1.807) is 11.3 Å². The van der Waals surface area contributed by atoms with Crippen molar-refractivity contribution in [3.05, 3.63) is 45.1 Å². The Kier molecular flexibility index (Phi) is 5.08. The van der Waals surface area contributed by atoms with E-state index in [0.717, 1.165) is 11.8 Å². The first-order valence-electron chi connectivity index (χ1n) is 7.04. The van der Waals surface area contributed by atoms with Crippen LogP contribution in [0.3, 0.4) is 0 Å². The smallest absolute Gasteiger partial charge is 0.0505 e. The summed E-state index contributed by atoms with van der Waals surface area (Å²) in [6.45, 7) is 0.882. The summed E-state index contributed by atoms with van der Waals surface area (Å²) in [5.41, 5.74) is 1.20. The highest BCUT2D eigenvalue weighted by Gasteiger charge is 2.15. The molecule has 2 aromatic rings. The Morgan fingerprint density at radius 3 is 2.55 bits per heavy atom. The lowest BCUT2D eigenvalue weighted by atomic mass is 10.3. The van der Waals surface area contributed by atoms with Crippen LogP contribution in [0.5, 0.6) is 0 Å². The Bertz CT molecular complexity index is 544.